The van der Waals surface area contributed by atoms with Crippen LogP contribution in [-0.2, 0) is 9.53 Å². The first-order valence-corrected chi connectivity index (χ1v) is 13.8. The van der Waals surface area contributed by atoms with Crippen LogP contribution in [0.2, 0.25) is 0 Å². The minimum atomic E-state index is -0.127. The summed E-state index contributed by atoms with van der Waals surface area (Å²) in [4.78, 5) is 11.6. The maximum atomic E-state index is 11.6. The third-order valence-corrected chi connectivity index (χ3v) is 10.0. The SMILES string of the molecule is CC(=O)OC1C(C)(C)CCCC12CC=C(C)CC2C.CC1CC=CCC12CCCC(C)(C)C2. The molecule has 0 saturated heterocycles. The van der Waals surface area contributed by atoms with E-state index in [1.165, 1.54) is 56.9 Å². The Bertz CT molecular complexity index is 757. The molecule has 2 nitrogen and oxygen atoms in total. The van der Waals surface area contributed by atoms with Gasteiger partial charge < -0.3 is 4.74 Å². The van der Waals surface area contributed by atoms with E-state index in [-0.39, 0.29) is 22.9 Å². The predicted octanol–water partition coefficient (Wildman–Crippen LogP) is 9.05. The number of hydrogen-bond donors (Lipinski definition) is 0. The number of allylic oxidation sites excluding steroid dienone is 4. The maximum absolute atomic E-state index is 11.6. The zero-order valence-corrected chi connectivity index (χ0v) is 23.1. The number of rotatable bonds is 1. The van der Waals surface area contributed by atoms with Crippen molar-refractivity contribution >= 4 is 5.97 Å². The van der Waals surface area contributed by atoms with Crippen molar-refractivity contribution in [2.24, 2.45) is 33.5 Å². The number of ether oxygens (including phenoxy) is 1. The molecule has 0 radical (unpaired) electrons. The average Bonchev–Trinajstić information content (AvgIpc) is 2.70. The van der Waals surface area contributed by atoms with E-state index in [1.807, 2.05) is 0 Å². The third-order valence-electron chi connectivity index (χ3n) is 10.0. The topological polar surface area (TPSA) is 26.3 Å². The van der Waals surface area contributed by atoms with Gasteiger partial charge >= 0.3 is 5.97 Å². The van der Waals surface area contributed by atoms with Crippen molar-refractivity contribution in [1.82, 2.24) is 0 Å². The van der Waals surface area contributed by atoms with Crippen LogP contribution in [0, 0.1) is 33.5 Å². The molecule has 0 aromatic heterocycles. The Labute approximate surface area is 205 Å². The van der Waals surface area contributed by atoms with E-state index in [2.05, 4.69) is 66.7 Å². The highest BCUT2D eigenvalue weighted by Gasteiger charge is 2.54. The van der Waals surface area contributed by atoms with Crippen molar-refractivity contribution in [3.63, 3.8) is 0 Å². The van der Waals surface area contributed by atoms with Crippen molar-refractivity contribution in [2.75, 3.05) is 0 Å². The van der Waals surface area contributed by atoms with Crippen LogP contribution in [0.25, 0.3) is 0 Å². The molecule has 5 atom stereocenters. The largest absolute Gasteiger partial charge is 0.461 e. The highest BCUT2D eigenvalue weighted by Crippen LogP contribution is 2.57. The van der Waals surface area contributed by atoms with Crippen molar-refractivity contribution in [3.05, 3.63) is 23.8 Å². The summed E-state index contributed by atoms with van der Waals surface area (Å²) in [5, 5.41) is 0. The lowest BCUT2D eigenvalue weighted by Crippen LogP contribution is -2.54. The van der Waals surface area contributed by atoms with E-state index in [0.717, 1.165) is 25.2 Å². The molecule has 0 bridgehead atoms. The molecule has 4 aliphatic rings. The normalized spacial score (nSPS) is 39.4. The molecule has 2 saturated carbocycles. The van der Waals surface area contributed by atoms with Gasteiger partial charge in [-0.15, -0.1) is 0 Å². The Morgan fingerprint density at radius 2 is 1.64 bits per heavy atom. The summed E-state index contributed by atoms with van der Waals surface area (Å²) in [6.45, 7) is 18.0. The lowest BCUT2D eigenvalue weighted by atomic mass is 9.53. The molecular formula is C31H52O2. The van der Waals surface area contributed by atoms with Crippen LogP contribution in [-0.4, -0.2) is 12.1 Å². The molecule has 33 heavy (non-hydrogen) atoms. The first-order chi connectivity index (χ1) is 15.3. The van der Waals surface area contributed by atoms with Gasteiger partial charge in [0.1, 0.15) is 6.10 Å². The minimum Gasteiger partial charge on any atom is -0.461 e. The third kappa shape index (κ3) is 5.79. The summed E-state index contributed by atoms with van der Waals surface area (Å²) in [5.74, 6) is 1.38. The molecule has 0 N–H and O–H groups in total. The molecule has 2 spiro atoms. The van der Waals surface area contributed by atoms with Crippen LogP contribution in [0.3, 0.4) is 0 Å². The van der Waals surface area contributed by atoms with Gasteiger partial charge in [-0.2, -0.15) is 0 Å². The molecule has 0 aromatic rings. The van der Waals surface area contributed by atoms with Crippen molar-refractivity contribution in [3.8, 4) is 0 Å². The molecule has 0 aromatic carbocycles. The molecule has 2 fully saturated rings. The first-order valence-electron chi connectivity index (χ1n) is 13.8. The molecule has 4 rings (SSSR count). The fourth-order valence-corrected chi connectivity index (χ4v) is 8.12. The van der Waals surface area contributed by atoms with Gasteiger partial charge in [-0.1, -0.05) is 78.2 Å². The smallest absolute Gasteiger partial charge is 0.302 e. The van der Waals surface area contributed by atoms with E-state index in [0.29, 0.717) is 16.7 Å². The van der Waals surface area contributed by atoms with Crippen LogP contribution >= 0.6 is 0 Å². The van der Waals surface area contributed by atoms with E-state index in [1.54, 1.807) is 6.92 Å². The van der Waals surface area contributed by atoms with Gasteiger partial charge in [0.05, 0.1) is 0 Å². The van der Waals surface area contributed by atoms with Gasteiger partial charge in [0.2, 0.25) is 0 Å². The minimum absolute atomic E-state index is 0.0607. The van der Waals surface area contributed by atoms with Crippen LogP contribution in [0.5, 0.6) is 0 Å². The molecule has 4 aliphatic carbocycles. The molecule has 5 unspecified atom stereocenters. The number of carbonyl (C=O) groups excluding carboxylic acids is 1. The number of carbonyl (C=O) groups is 1. The fraction of sp³-hybridized carbons (Fsp3) is 0.839. The standard InChI is InChI=1S/C17H28O2.C14H24/c1-12-7-10-17(13(2)11-12)9-6-8-16(4,5)15(17)19-14(3)18;1-12-7-4-5-9-14(12)10-6-8-13(2,3)11-14/h7,13,15H,6,8-11H2,1-5H3;4-5,12H,6-11H2,1-3H3. The predicted molar refractivity (Wildman–Crippen MR) is 140 cm³/mol. The Balaban J connectivity index is 0.000000194. The quantitative estimate of drug-likeness (QED) is 0.290. The monoisotopic (exact) mass is 456 g/mol. The van der Waals surface area contributed by atoms with Crippen molar-refractivity contribution in [2.45, 2.75) is 132 Å². The summed E-state index contributed by atoms with van der Waals surface area (Å²) in [5.41, 5.74) is 3.00. The zero-order valence-electron chi connectivity index (χ0n) is 23.1. The average molecular weight is 457 g/mol. The number of hydrogen-bond acceptors (Lipinski definition) is 2. The Morgan fingerprint density at radius 3 is 2.24 bits per heavy atom. The van der Waals surface area contributed by atoms with E-state index < -0.39 is 0 Å². The van der Waals surface area contributed by atoms with E-state index in [9.17, 15) is 4.79 Å². The van der Waals surface area contributed by atoms with Crippen LogP contribution in [0.15, 0.2) is 23.8 Å². The van der Waals surface area contributed by atoms with E-state index in [4.69, 9.17) is 4.74 Å². The molecule has 0 aliphatic heterocycles. The summed E-state index contributed by atoms with van der Waals surface area (Å²) < 4.78 is 5.84. The van der Waals surface area contributed by atoms with Gasteiger partial charge in [-0.25, -0.2) is 0 Å². The summed E-state index contributed by atoms with van der Waals surface area (Å²) >= 11 is 0. The number of esters is 1. The first kappa shape index (κ1) is 26.6. The molecular weight excluding hydrogens is 404 g/mol. The van der Waals surface area contributed by atoms with Gasteiger partial charge in [0.25, 0.3) is 0 Å². The van der Waals surface area contributed by atoms with Gasteiger partial charge in [0, 0.05) is 17.8 Å². The van der Waals surface area contributed by atoms with Gasteiger partial charge in [-0.05, 0) is 87.4 Å². The molecule has 2 heteroatoms. The Kier molecular flexibility index (Phi) is 7.97. The summed E-state index contributed by atoms with van der Waals surface area (Å²) in [6, 6.07) is 0. The second-order valence-corrected chi connectivity index (χ2v) is 13.8. The van der Waals surface area contributed by atoms with E-state index >= 15 is 0 Å². The molecule has 0 amide bonds. The lowest BCUT2D eigenvalue weighted by molar-refractivity contribution is -0.180. The van der Waals surface area contributed by atoms with Crippen molar-refractivity contribution < 1.29 is 9.53 Å². The molecule has 0 heterocycles. The Morgan fingerprint density at radius 1 is 0.939 bits per heavy atom. The summed E-state index contributed by atoms with van der Waals surface area (Å²) in [6.07, 6.45) is 21.5. The maximum Gasteiger partial charge on any atom is 0.302 e. The zero-order chi connectivity index (χ0) is 24.5. The Hall–Kier alpha value is -1.05. The second kappa shape index (κ2) is 9.90. The fourth-order valence-electron chi connectivity index (χ4n) is 8.12. The van der Waals surface area contributed by atoms with Crippen LogP contribution in [0.1, 0.15) is 126 Å². The highest BCUT2D eigenvalue weighted by atomic mass is 16.5. The summed E-state index contributed by atoms with van der Waals surface area (Å²) in [7, 11) is 0. The van der Waals surface area contributed by atoms with Crippen LogP contribution in [0.4, 0.5) is 0 Å². The second-order valence-electron chi connectivity index (χ2n) is 13.8. The van der Waals surface area contributed by atoms with Gasteiger partial charge in [-0.3, -0.25) is 4.79 Å². The highest BCUT2D eigenvalue weighted by molar-refractivity contribution is 5.66. The lowest BCUT2D eigenvalue weighted by Gasteiger charge is -2.55. The molecule has 188 valence electrons. The van der Waals surface area contributed by atoms with Gasteiger partial charge in [0.15, 0.2) is 0 Å². The van der Waals surface area contributed by atoms with Crippen molar-refractivity contribution in [1.29, 1.82) is 0 Å². The van der Waals surface area contributed by atoms with Crippen LogP contribution < -0.4 is 0 Å².